The van der Waals surface area contributed by atoms with Gasteiger partial charge in [-0.25, -0.2) is 14.4 Å². The fourth-order valence-corrected chi connectivity index (χ4v) is 4.15. The monoisotopic (exact) mass is 497 g/mol. The number of benzene rings is 2. The first-order valence-electron chi connectivity index (χ1n) is 11.5. The number of carboxylic acid groups (broad SMARTS) is 1. The van der Waals surface area contributed by atoms with Gasteiger partial charge < -0.3 is 25.2 Å². The lowest BCUT2D eigenvalue weighted by molar-refractivity contribution is -0.143. The SMILES string of the molecule is COC(=O)N(C1c2ccccc2-c2ccccc21)[C@@H](CNC(=O)[C@@H](C)NC(=O)OC(C)(C)C)C(=O)O. The van der Waals surface area contributed by atoms with Crippen molar-refractivity contribution < 1.29 is 33.8 Å². The van der Waals surface area contributed by atoms with E-state index in [2.05, 4.69) is 10.6 Å². The van der Waals surface area contributed by atoms with Gasteiger partial charge in [-0.05, 0) is 49.9 Å². The quantitative estimate of drug-likeness (QED) is 0.534. The molecule has 192 valence electrons. The Bertz CT molecular complexity index is 1110. The summed E-state index contributed by atoms with van der Waals surface area (Å²) in [5.74, 6) is -1.96. The highest BCUT2D eigenvalue weighted by Gasteiger charge is 2.42. The number of carbonyl (C=O) groups excluding carboxylic acids is 3. The van der Waals surface area contributed by atoms with E-state index in [4.69, 9.17) is 9.47 Å². The van der Waals surface area contributed by atoms with E-state index in [0.717, 1.165) is 27.2 Å². The average molecular weight is 498 g/mol. The number of carbonyl (C=O) groups is 4. The van der Waals surface area contributed by atoms with Gasteiger partial charge in [0.05, 0.1) is 13.2 Å². The van der Waals surface area contributed by atoms with Gasteiger partial charge in [-0.1, -0.05) is 48.5 Å². The summed E-state index contributed by atoms with van der Waals surface area (Å²) in [5.41, 5.74) is 2.53. The Balaban J connectivity index is 1.85. The Morgan fingerprint density at radius 1 is 1.00 bits per heavy atom. The first-order chi connectivity index (χ1) is 16.9. The van der Waals surface area contributed by atoms with E-state index in [1.807, 2.05) is 48.5 Å². The molecule has 2 atom stereocenters. The largest absolute Gasteiger partial charge is 0.480 e. The Morgan fingerprint density at radius 3 is 2.00 bits per heavy atom. The Hall–Kier alpha value is -4.08. The molecule has 0 unspecified atom stereocenters. The van der Waals surface area contributed by atoms with Crippen molar-refractivity contribution in [3.8, 4) is 11.1 Å². The third-order valence-corrected chi connectivity index (χ3v) is 5.68. The number of nitrogens with one attached hydrogen (secondary N) is 2. The van der Waals surface area contributed by atoms with Crippen LogP contribution in [-0.4, -0.2) is 65.4 Å². The highest BCUT2D eigenvalue weighted by atomic mass is 16.6. The van der Waals surface area contributed by atoms with E-state index in [1.54, 1.807) is 20.8 Å². The zero-order valence-electron chi connectivity index (χ0n) is 20.9. The number of ether oxygens (including phenoxy) is 2. The first kappa shape index (κ1) is 26.5. The van der Waals surface area contributed by atoms with Crippen LogP contribution in [0, 0.1) is 0 Å². The van der Waals surface area contributed by atoms with E-state index in [1.165, 1.54) is 14.0 Å². The number of nitrogens with zero attached hydrogens (tertiary/aromatic N) is 1. The van der Waals surface area contributed by atoms with Gasteiger partial charge in [0.15, 0.2) is 6.04 Å². The summed E-state index contributed by atoms with van der Waals surface area (Å²) in [5, 5.41) is 15.0. The van der Waals surface area contributed by atoms with Crippen LogP contribution in [0.5, 0.6) is 0 Å². The highest BCUT2D eigenvalue weighted by Crippen LogP contribution is 2.47. The topological polar surface area (TPSA) is 134 Å². The molecule has 0 radical (unpaired) electrons. The maximum atomic E-state index is 13.0. The van der Waals surface area contributed by atoms with Crippen LogP contribution in [0.4, 0.5) is 9.59 Å². The molecule has 0 aromatic heterocycles. The molecule has 0 spiro atoms. The number of alkyl carbamates (subject to hydrolysis) is 1. The molecule has 3 amide bonds. The highest BCUT2D eigenvalue weighted by molar-refractivity contribution is 5.88. The summed E-state index contributed by atoms with van der Waals surface area (Å²) in [6.07, 6.45) is -1.64. The van der Waals surface area contributed by atoms with Crippen molar-refractivity contribution in [3.63, 3.8) is 0 Å². The molecule has 1 aliphatic carbocycles. The van der Waals surface area contributed by atoms with Gasteiger partial charge >= 0.3 is 18.2 Å². The Labute approximate surface area is 209 Å². The molecule has 0 fully saturated rings. The molecule has 10 nitrogen and oxygen atoms in total. The number of methoxy groups -OCH3 is 1. The summed E-state index contributed by atoms with van der Waals surface area (Å²) < 4.78 is 10.1. The molecule has 0 aliphatic heterocycles. The minimum Gasteiger partial charge on any atom is -0.480 e. The summed E-state index contributed by atoms with van der Waals surface area (Å²) in [6.45, 7) is 6.10. The van der Waals surface area contributed by atoms with Gasteiger partial charge in [0.1, 0.15) is 11.6 Å². The predicted octanol–water partition coefficient (Wildman–Crippen LogP) is 3.31. The second kappa shape index (κ2) is 10.7. The van der Waals surface area contributed by atoms with Gasteiger partial charge in [-0.15, -0.1) is 0 Å². The minimum atomic E-state index is -1.46. The van der Waals surface area contributed by atoms with E-state index in [-0.39, 0.29) is 0 Å². The molecule has 3 rings (SSSR count). The van der Waals surface area contributed by atoms with E-state index in [0.29, 0.717) is 0 Å². The van der Waals surface area contributed by atoms with Crippen molar-refractivity contribution >= 4 is 24.1 Å². The van der Waals surface area contributed by atoms with E-state index in [9.17, 15) is 24.3 Å². The fraction of sp³-hybridized carbons (Fsp3) is 0.385. The molecule has 2 aromatic rings. The molecule has 0 heterocycles. The molecule has 2 aromatic carbocycles. The van der Waals surface area contributed by atoms with Crippen LogP contribution >= 0.6 is 0 Å². The first-order valence-corrected chi connectivity index (χ1v) is 11.5. The standard InChI is InChI=1S/C26H31N3O7/c1-15(28-24(33)36-26(2,3)4)22(30)27-14-20(23(31)32)29(25(34)35-5)21-18-12-8-6-10-16(18)17-11-7-9-13-19(17)21/h6-13,15,20-21H,14H2,1-5H3,(H,27,30)(H,28,33)(H,31,32)/t15-,20+/m1/s1. The normalized spacial score (nSPS) is 14.0. The molecule has 3 N–H and O–H groups in total. The van der Waals surface area contributed by atoms with Crippen LogP contribution in [0.1, 0.15) is 44.9 Å². The number of carboxylic acids is 1. The van der Waals surface area contributed by atoms with Crippen LogP contribution in [0.3, 0.4) is 0 Å². The number of rotatable bonds is 7. The van der Waals surface area contributed by atoms with Crippen LogP contribution in [0.25, 0.3) is 11.1 Å². The molecule has 0 bridgehead atoms. The summed E-state index contributed by atoms with van der Waals surface area (Å²) in [4.78, 5) is 51.1. The third-order valence-electron chi connectivity index (χ3n) is 5.68. The van der Waals surface area contributed by atoms with Crippen molar-refractivity contribution in [2.75, 3.05) is 13.7 Å². The van der Waals surface area contributed by atoms with Crippen molar-refractivity contribution in [1.82, 2.24) is 15.5 Å². The average Bonchev–Trinajstić information content (AvgIpc) is 3.13. The maximum absolute atomic E-state index is 13.0. The molecular formula is C26H31N3O7. The molecule has 0 saturated carbocycles. The van der Waals surface area contributed by atoms with Crippen LogP contribution in [-0.2, 0) is 19.1 Å². The van der Waals surface area contributed by atoms with Gasteiger partial charge in [0.25, 0.3) is 0 Å². The lowest BCUT2D eigenvalue weighted by atomic mass is 10.0. The number of aliphatic carboxylic acids is 1. The summed E-state index contributed by atoms with van der Waals surface area (Å²) in [6, 6.07) is 11.6. The lowest BCUT2D eigenvalue weighted by Crippen LogP contribution is -2.54. The summed E-state index contributed by atoms with van der Waals surface area (Å²) in [7, 11) is 1.17. The van der Waals surface area contributed by atoms with Crippen molar-refractivity contribution in [3.05, 3.63) is 59.7 Å². The third kappa shape index (κ3) is 5.76. The predicted molar refractivity (Wildman–Crippen MR) is 131 cm³/mol. The van der Waals surface area contributed by atoms with Gasteiger partial charge in [-0.3, -0.25) is 9.69 Å². The molecule has 0 saturated heterocycles. The van der Waals surface area contributed by atoms with Crippen LogP contribution in [0.15, 0.2) is 48.5 Å². The molecular weight excluding hydrogens is 466 g/mol. The molecule has 10 heteroatoms. The molecule has 1 aliphatic rings. The van der Waals surface area contributed by atoms with Crippen LogP contribution in [0.2, 0.25) is 0 Å². The van der Waals surface area contributed by atoms with Gasteiger partial charge in [-0.2, -0.15) is 0 Å². The van der Waals surface area contributed by atoms with Gasteiger partial charge in [0, 0.05) is 6.54 Å². The number of amides is 3. The smallest absolute Gasteiger partial charge is 0.411 e. The van der Waals surface area contributed by atoms with Crippen molar-refractivity contribution in [2.45, 2.75) is 51.4 Å². The Morgan fingerprint density at radius 2 is 1.53 bits per heavy atom. The fourth-order valence-electron chi connectivity index (χ4n) is 4.15. The minimum absolute atomic E-state index is 0.412. The van der Waals surface area contributed by atoms with E-state index >= 15 is 0 Å². The number of fused-ring (bicyclic) bond motifs is 3. The van der Waals surface area contributed by atoms with Crippen LogP contribution < -0.4 is 10.6 Å². The second-order valence-electron chi connectivity index (χ2n) is 9.42. The zero-order chi connectivity index (χ0) is 26.6. The summed E-state index contributed by atoms with van der Waals surface area (Å²) >= 11 is 0. The van der Waals surface area contributed by atoms with Gasteiger partial charge in [0.2, 0.25) is 5.91 Å². The van der Waals surface area contributed by atoms with Crippen molar-refractivity contribution in [2.24, 2.45) is 0 Å². The lowest BCUT2D eigenvalue weighted by Gasteiger charge is -2.34. The van der Waals surface area contributed by atoms with Crippen molar-refractivity contribution in [1.29, 1.82) is 0 Å². The number of hydrogen-bond donors (Lipinski definition) is 3. The number of hydrogen-bond acceptors (Lipinski definition) is 6. The zero-order valence-corrected chi connectivity index (χ0v) is 20.9. The van der Waals surface area contributed by atoms with E-state index < -0.39 is 54.3 Å². The molecule has 36 heavy (non-hydrogen) atoms. The second-order valence-corrected chi connectivity index (χ2v) is 9.42. The maximum Gasteiger partial charge on any atom is 0.411 e. The Kier molecular flexibility index (Phi) is 7.87.